The summed E-state index contributed by atoms with van der Waals surface area (Å²) in [5, 5.41) is 2.84. The topological polar surface area (TPSA) is 111 Å². The van der Waals surface area contributed by atoms with Crippen molar-refractivity contribution in [2.24, 2.45) is 11.1 Å². The minimum atomic E-state index is -3.24. The number of halogens is 1. The second-order valence-electron chi connectivity index (χ2n) is 7.09. The molecule has 1 amide bonds. The molecule has 1 aromatic rings. The van der Waals surface area contributed by atoms with Gasteiger partial charge in [0.1, 0.15) is 5.54 Å². The van der Waals surface area contributed by atoms with Gasteiger partial charge >= 0.3 is 0 Å². The number of sulfonamides is 1. The van der Waals surface area contributed by atoms with Crippen LogP contribution in [0.25, 0.3) is 0 Å². The Kier molecular flexibility index (Phi) is 7.23. The van der Waals surface area contributed by atoms with Gasteiger partial charge in [-0.05, 0) is 24.6 Å². The number of anilines is 1. The van der Waals surface area contributed by atoms with E-state index in [2.05, 4.69) is 10.0 Å². The van der Waals surface area contributed by atoms with Crippen LogP contribution in [0.4, 0.5) is 5.69 Å². The van der Waals surface area contributed by atoms with Crippen LogP contribution < -0.4 is 15.8 Å². The van der Waals surface area contributed by atoms with Gasteiger partial charge in [0, 0.05) is 30.7 Å². The highest BCUT2D eigenvalue weighted by atomic mass is 35.5. The monoisotopic (exact) mass is 405 g/mol. The Morgan fingerprint density at radius 2 is 1.88 bits per heavy atom. The smallest absolute Gasteiger partial charge is 0.245 e. The van der Waals surface area contributed by atoms with Gasteiger partial charge in [0.2, 0.25) is 15.9 Å². The summed E-state index contributed by atoms with van der Waals surface area (Å²) in [5.74, 6) is -0.240. The number of ether oxygens (including phenoxy) is 1. The molecule has 7 nitrogen and oxygen atoms in total. The molecule has 2 atom stereocenters. The Labute approximate surface area is 161 Å². The number of rotatable bonds is 7. The van der Waals surface area contributed by atoms with E-state index in [0.29, 0.717) is 18.7 Å². The van der Waals surface area contributed by atoms with Crippen molar-refractivity contribution >= 4 is 34.0 Å². The van der Waals surface area contributed by atoms with Crippen LogP contribution >= 0.6 is 12.4 Å². The number of nitrogens with two attached hydrogens (primary N) is 1. The highest BCUT2D eigenvalue weighted by Gasteiger charge is 2.62. The van der Waals surface area contributed by atoms with E-state index >= 15 is 0 Å². The van der Waals surface area contributed by atoms with Gasteiger partial charge in [-0.25, -0.2) is 13.1 Å². The maximum absolute atomic E-state index is 12.6. The fraction of sp³-hybridized carbons (Fsp3) is 0.588. The standard InChI is InChI=1S/C17H27N3O4S.ClH/c1-5-24-14-10-17(18,16(14,2)3)15(21)20-13-8-6-12(7-9-13)11-19-25(4,22)23;/h6-9,14,19H,5,10-11,18H2,1-4H3,(H,20,21);1H. The molecule has 1 aliphatic carbocycles. The Morgan fingerprint density at radius 3 is 2.35 bits per heavy atom. The first-order chi connectivity index (χ1) is 11.5. The second kappa shape index (κ2) is 8.22. The molecule has 0 heterocycles. The zero-order valence-electron chi connectivity index (χ0n) is 15.5. The van der Waals surface area contributed by atoms with Gasteiger partial charge in [-0.2, -0.15) is 0 Å². The van der Waals surface area contributed by atoms with Crippen molar-refractivity contribution in [3.63, 3.8) is 0 Å². The van der Waals surface area contributed by atoms with Crippen molar-refractivity contribution in [1.82, 2.24) is 4.72 Å². The Bertz CT molecular complexity index is 737. The molecule has 0 aliphatic heterocycles. The summed E-state index contributed by atoms with van der Waals surface area (Å²) < 4.78 is 30.3. The first-order valence-corrected chi connectivity index (χ1v) is 10.1. The number of nitrogens with one attached hydrogen (secondary N) is 2. The van der Waals surface area contributed by atoms with E-state index in [1.807, 2.05) is 20.8 Å². The summed E-state index contributed by atoms with van der Waals surface area (Å²) >= 11 is 0. The molecular weight excluding hydrogens is 378 g/mol. The molecule has 26 heavy (non-hydrogen) atoms. The average molecular weight is 406 g/mol. The van der Waals surface area contributed by atoms with Crippen LogP contribution in [0.3, 0.4) is 0 Å². The Balaban J connectivity index is 0.00000338. The minimum absolute atomic E-state index is 0. The first-order valence-electron chi connectivity index (χ1n) is 8.25. The van der Waals surface area contributed by atoms with Gasteiger partial charge in [0.05, 0.1) is 12.4 Å². The van der Waals surface area contributed by atoms with E-state index in [0.717, 1.165) is 11.8 Å². The predicted octanol–water partition coefficient (Wildman–Crippen LogP) is 1.63. The molecule has 0 radical (unpaired) electrons. The number of hydrogen-bond acceptors (Lipinski definition) is 5. The molecular formula is C17H28ClN3O4S. The third-order valence-electron chi connectivity index (χ3n) is 4.99. The van der Waals surface area contributed by atoms with Crippen LogP contribution in [0.1, 0.15) is 32.8 Å². The van der Waals surface area contributed by atoms with Crippen LogP contribution in [-0.4, -0.2) is 38.8 Å². The van der Waals surface area contributed by atoms with Crippen molar-refractivity contribution in [2.75, 3.05) is 18.2 Å². The number of carbonyl (C=O) groups is 1. The maximum Gasteiger partial charge on any atom is 0.245 e. The Morgan fingerprint density at radius 1 is 1.31 bits per heavy atom. The molecule has 0 spiro atoms. The fourth-order valence-corrected chi connectivity index (χ4v) is 3.41. The predicted molar refractivity (Wildman–Crippen MR) is 105 cm³/mol. The van der Waals surface area contributed by atoms with Gasteiger partial charge in [0.15, 0.2) is 0 Å². The lowest BCUT2D eigenvalue weighted by Crippen LogP contribution is -2.74. The van der Waals surface area contributed by atoms with E-state index in [1.165, 1.54) is 0 Å². The van der Waals surface area contributed by atoms with Gasteiger partial charge in [0.25, 0.3) is 0 Å². The highest BCUT2D eigenvalue weighted by Crippen LogP contribution is 2.50. The molecule has 0 bridgehead atoms. The van der Waals surface area contributed by atoms with Crippen molar-refractivity contribution in [3.05, 3.63) is 29.8 Å². The molecule has 4 N–H and O–H groups in total. The van der Waals surface area contributed by atoms with Crippen molar-refractivity contribution in [2.45, 2.75) is 45.4 Å². The fourth-order valence-electron chi connectivity index (χ4n) is 2.98. The van der Waals surface area contributed by atoms with Crippen LogP contribution in [0.5, 0.6) is 0 Å². The lowest BCUT2D eigenvalue weighted by molar-refractivity contribution is -0.166. The molecule has 1 saturated carbocycles. The minimum Gasteiger partial charge on any atom is -0.378 e. The van der Waals surface area contributed by atoms with Crippen LogP contribution in [0.2, 0.25) is 0 Å². The molecule has 0 saturated heterocycles. The van der Waals surface area contributed by atoms with E-state index in [-0.39, 0.29) is 31.0 Å². The molecule has 1 aliphatic rings. The summed E-state index contributed by atoms with van der Waals surface area (Å²) in [5.41, 5.74) is 6.33. The van der Waals surface area contributed by atoms with Gasteiger partial charge < -0.3 is 15.8 Å². The van der Waals surface area contributed by atoms with Gasteiger partial charge in [-0.3, -0.25) is 4.79 Å². The van der Waals surface area contributed by atoms with E-state index in [9.17, 15) is 13.2 Å². The molecule has 1 fully saturated rings. The van der Waals surface area contributed by atoms with Gasteiger partial charge in [-0.15, -0.1) is 12.4 Å². The summed E-state index contributed by atoms with van der Waals surface area (Å²) in [6.07, 6.45) is 1.56. The summed E-state index contributed by atoms with van der Waals surface area (Å²) in [4.78, 5) is 12.6. The molecule has 2 rings (SSSR count). The molecule has 148 valence electrons. The maximum atomic E-state index is 12.6. The number of amides is 1. The normalized spacial score (nSPS) is 24.3. The number of hydrogen-bond donors (Lipinski definition) is 3. The van der Waals surface area contributed by atoms with E-state index in [1.54, 1.807) is 24.3 Å². The third-order valence-corrected chi connectivity index (χ3v) is 5.65. The van der Waals surface area contributed by atoms with Crippen molar-refractivity contribution < 1.29 is 17.9 Å². The summed E-state index contributed by atoms with van der Waals surface area (Å²) in [6.45, 7) is 6.60. The quantitative estimate of drug-likeness (QED) is 0.638. The van der Waals surface area contributed by atoms with Crippen LogP contribution in [-0.2, 0) is 26.1 Å². The largest absolute Gasteiger partial charge is 0.378 e. The van der Waals surface area contributed by atoms with Gasteiger partial charge in [-0.1, -0.05) is 26.0 Å². The molecule has 2 unspecified atom stereocenters. The van der Waals surface area contributed by atoms with Crippen LogP contribution in [0.15, 0.2) is 24.3 Å². The number of carbonyl (C=O) groups excluding carboxylic acids is 1. The van der Waals surface area contributed by atoms with E-state index < -0.39 is 21.0 Å². The molecule has 9 heteroatoms. The molecule has 1 aromatic carbocycles. The average Bonchev–Trinajstić information content (AvgIpc) is 2.53. The lowest BCUT2D eigenvalue weighted by atomic mass is 9.54. The lowest BCUT2D eigenvalue weighted by Gasteiger charge is -2.57. The van der Waals surface area contributed by atoms with Crippen molar-refractivity contribution in [1.29, 1.82) is 0 Å². The zero-order chi connectivity index (χ0) is 18.9. The summed E-state index contributed by atoms with van der Waals surface area (Å²) in [6, 6.07) is 6.97. The zero-order valence-corrected chi connectivity index (χ0v) is 17.2. The van der Waals surface area contributed by atoms with E-state index in [4.69, 9.17) is 10.5 Å². The second-order valence-corrected chi connectivity index (χ2v) is 8.92. The SMILES string of the molecule is CCOC1CC(N)(C(=O)Nc2ccc(CNS(C)(=O)=O)cc2)C1(C)C.Cl. The highest BCUT2D eigenvalue weighted by molar-refractivity contribution is 7.88. The summed E-state index contributed by atoms with van der Waals surface area (Å²) in [7, 11) is -3.24. The first kappa shape index (κ1) is 22.9. The third kappa shape index (κ3) is 4.75. The number of benzene rings is 1. The molecule has 0 aromatic heterocycles. The Hall–Kier alpha value is -1.19. The van der Waals surface area contributed by atoms with Crippen molar-refractivity contribution in [3.8, 4) is 0 Å². The van der Waals surface area contributed by atoms with Crippen LogP contribution in [0, 0.1) is 5.41 Å².